The van der Waals surface area contributed by atoms with Crippen molar-refractivity contribution in [1.82, 2.24) is 4.72 Å². The second-order valence-corrected chi connectivity index (χ2v) is 9.60. The molecule has 0 aromatic heterocycles. The summed E-state index contributed by atoms with van der Waals surface area (Å²) in [6, 6.07) is 14.3. The van der Waals surface area contributed by atoms with Gasteiger partial charge in [-0.15, -0.1) is 0 Å². The van der Waals surface area contributed by atoms with Crippen molar-refractivity contribution < 1.29 is 27.5 Å². The normalized spacial score (nSPS) is 11.9. The molecule has 32 heavy (non-hydrogen) atoms. The predicted molar refractivity (Wildman–Crippen MR) is 124 cm³/mol. The van der Waals surface area contributed by atoms with Crippen LogP contribution in [0.2, 0.25) is 0 Å². The lowest BCUT2D eigenvalue weighted by molar-refractivity contribution is -0.146. The molecule has 0 saturated carbocycles. The minimum absolute atomic E-state index is 0.135. The quantitative estimate of drug-likeness (QED) is 0.557. The summed E-state index contributed by atoms with van der Waals surface area (Å²) in [6.45, 7) is 4.95. The molecule has 2 N–H and O–H groups in total. The molecule has 0 aliphatic rings. The number of methoxy groups -OCH3 is 1. The van der Waals surface area contributed by atoms with E-state index in [1.807, 2.05) is 32.9 Å². The molecular formula is C23H28N2O6S. The molecule has 1 amide bonds. The highest BCUT2D eigenvalue weighted by atomic mass is 32.2. The molecule has 172 valence electrons. The molecule has 0 bridgehead atoms. The van der Waals surface area contributed by atoms with Crippen molar-refractivity contribution in [2.75, 3.05) is 25.6 Å². The van der Waals surface area contributed by atoms with E-state index in [1.54, 1.807) is 36.4 Å². The maximum absolute atomic E-state index is 12.2. The van der Waals surface area contributed by atoms with E-state index < -0.39 is 35.1 Å². The summed E-state index contributed by atoms with van der Waals surface area (Å²) in [7, 11) is -2.35. The van der Waals surface area contributed by atoms with Crippen LogP contribution in [-0.2, 0) is 29.8 Å². The van der Waals surface area contributed by atoms with E-state index >= 15 is 0 Å². The summed E-state index contributed by atoms with van der Waals surface area (Å²) in [5.41, 5.74) is 2.00. The van der Waals surface area contributed by atoms with Crippen molar-refractivity contribution in [3.8, 4) is 5.75 Å². The van der Waals surface area contributed by atoms with Gasteiger partial charge in [0.15, 0.2) is 6.61 Å². The summed E-state index contributed by atoms with van der Waals surface area (Å²) in [4.78, 5) is 24.1. The van der Waals surface area contributed by atoms with Gasteiger partial charge in [0.05, 0.1) is 12.8 Å². The standard InChI is InChI=1S/C23H28N2O6S/c1-23(2,3)18-10-11-20(30-4)19(14-18)25-21(26)16-31-22(27)15-24-32(28,29)13-12-17-8-6-5-7-9-17/h5-14,24H,15-16H2,1-4H3,(H,25,26). The average Bonchev–Trinajstić information content (AvgIpc) is 2.75. The predicted octanol–water partition coefficient (Wildman–Crippen LogP) is 3.06. The number of esters is 1. The van der Waals surface area contributed by atoms with Gasteiger partial charge < -0.3 is 14.8 Å². The van der Waals surface area contributed by atoms with Gasteiger partial charge in [0.2, 0.25) is 10.0 Å². The van der Waals surface area contributed by atoms with Crippen LogP contribution in [-0.4, -0.2) is 40.6 Å². The first-order chi connectivity index (χ1) is 15.0. The Hall–Kier alpha value is -3.17. The molecule has 0 unspecified atom stereocenters. The number of sulfonamides is 1. The highest BCUT2D eigenvalue weighted by molar-refractivity contribution is 7.92. The SMILES string of the molecule is COc1ccc(C(C)(C)C)cc1NC(=O)COC(=O)CNS(=O)(=O)C=Cc1ccccc1. The lowest BCUT2D eigenvalue weighted by Crippen LogP contribution is -2.31. The first-order valence-electron chi connectivity index (χ1n) is 9.87. The van der Waals surface area contributed by atoms with Crippen molar-refractivity contribution in [3.05, 3.63) is 65.1 Å². The smallest absolute Gasteiger partial charge is 0.321 e. The van der Waals surface area contributed by atoms with Gasteiger partial charge in [-0.1, -0.05) is 57.2 Å². The monoisotopic (exact) mass is 460 g/mol. The molecule has 0 aliphatic carbocycles. The fourth-order valence-electron chi connectivity index (χ4n) is 2.60. The van der Waals surface area contributed by atoms with Crippen LogP contribution < -0.4 is 14.8 Å². The Morgan fingerprint density at radius 2 is 1.75 bits per heavy atom. The molecule has 8 nitrogen and oxygen atoms in total. The topological polar surface area (TPSA) is 111 Å². The number of rotatable bonds is 9. The number of hydrogen-bond acceptors (Lipinski definition) is 6. The number of hydrogen-bond donors (Lipinski definition) is 2. The number of carbonyl (C=O) groups excluding carboxylic acids is 2. The lowest BCUT2D eigenvalue weighted by Gasteiger charge is -2.21. The zero-order chi connectivity index (χ0) is 23.8. The Morgan fingerprint density at radius 1 is 1.06 bits per heavy atom. The minimum atomic E-state index is -3.84. The zero-order valence-electron chi connectivity index (χ0n) is 18.5. The average molecular weight is 461 g/mol. The summed E-state index contributed by atoms with van der Waals surface area (Å²) < 4.78 is 36.2. The molecule has 0 radical (unpaired) electrons. The molecule has 2 aromatic rings. The number of nitrogens with one attached hydrogen (secondary N) is 2. The third-order valence-corrected chi connectivity index (χ3v) is 5.40. The van der Waals surface area contributed by atoms with E-state index in [4.69, 9.17) is 9.47 Å². The molecule has 0 atom stereocenters. The van der Waals surface area contributed by atoms with Gasteiger partial charge in [0, 0.05) is 5.41 Å². The molecular weight excluding hydrogens is 432 g/mol. The molecule has 9 heteroatoms. The minimum Gasteiger partial charge on any atom is -0.495 e. The Kier molecular flexibility index (Phi) is 8.56. The highest BCUT2D eigenvalue weighted by Crippen LogP contribution is 2.31. The Morgan fingerprint density at radius 3 is 2.38 bits per heavy atom. The van der Waals surface area contributed by atoms with E-state index in [-0.39, 0.29) is 5.41 Å². The number of amides is 1. The Balaban J connectivity index is 1.87. The van der Waals surface area contributed by atoms with Crippen LogP contribution in [0.25, 0.3) is 6.08 Å². The summed E-state index contributed by atoms with van der Waals surface area (Å²) >= 11 is 0. The van der Waals surface area contributed by atoms with Crippen LogP contribution in [0, 0.1) is 0 Å². The van der Waals surface area contributed by atoms with Crippen LogP contribution in [0.1, 0.15) is 31.9 Å². The Bertz CT molecular complexity index is 1070. The van der Waals surface area contributed by atoms with Crippen molar-refractivity contribution in [3.63, 3.8) is 0 Å². The summed E-state index contributed by atoms with van der Waals surface area (Å²) in [6.07, 6.45) is 1.40. The lowest BCUT2D eigenvalue weighted by atomic mass is 9.87. The molecule has 0 aliphatic heterocycles. The molecule has 0 heterocycles. The fourth-order valence-corrected chi connectivity index (χ4v) is 3.35. The van der Waals surface area contributed by atoms with Gasteiger partial charge in [0.1, 0.15) is 12.3 Å². The van der Waals surface area contributed by atoms with Gasteiger partial charge in [0.25, 0.3) is 5.91 Å². The Labute approximate surface area is 188 Å². The summed E-state index contributed by atoms with van der Waals surface area (Å²) in [5.74, 6) is -0.988. The van der Waals surface area contributed by atoms with Gasteiger partial charge in [-0.2, -0.15) is 0 Å². The summed E-state index contributed by atoms with van der Waals surface area (Å²) in [5, 5.41) is 3.60. The largest absolute Gasteiger partial charge is 0.495 e. The zero-order valence-corrected chi connectivity index (χ0v) is 19.4. The number of benzene rings is 2. The first-order valence-corrected chi connectivity index (χ1v) is 11.4. The van der Waals surface area contributed by atoms with Crippen LogP contribution in [0.3, 0.4) is 0 Å². The van der Waals surface area contributed by atoms with E-state index in [1.165, 1.54) is 13.2 Å². The third-order valence-electron chi connectivity index (χ3n) is 4.36. The molecule has 2 rings (SSSR count). The molecule has 2 aromatic carbocycles. The van der Waals surface area contributed by atoms with E-state index in [0.29, 0.717) is 17.0 Å². The fraction of sp³-hybridized carbons (Fsp3) is 0.304. The second-order valence-electron chi connectivity index (χ2n) is 7.95. The van der Waals surface area contributed by atoms with Gasteiger partial charge >= 0.3 is 5.97 Å². The second kappa shape index (κ2) is 10.9. The van der Waals surface area contributed by atoms with Crippen LogP contribution in [0.5, 0.6) is 5.75 Å². The van der Waals surface area contributed by atoms with Crippen molar-refractivity contribution in [1.29, 1.82) is 0 Å². The van der Waals surface area contributed by atoms with Crippen molar-refractivity contribution >= 4 is 33.7 Å². The number of anilines is 1. The van der Waals surface area contributed by atoms with Gasteiger partial charge in [-0.05, 0) is 34.8 Å². The van der Waals surface area contributed by atoms with Gasteiger partial charge in [-0.25, -0.2) is 13.1 Å². The van der Waals surface area contributed by atoms with E-state index in [9.17, 15) is 18.0 Å². The number of carbonyl (C=O) groups is 2. The molecule has 0 spiro atoms. The van der Waals surface area contributed by atoms with E-state index in [2.05, 4.69) is 10.0 Å². The highest BCUT2D eigenvalue weighted by Gasteiger charge is 2.18. The number of ether oxygens (including phenoxy) is 2. The molecule has 0 fully saturated rings. The maximum atomic E-state index is 12.2. The van der Waals surface area contributed by atoms with Crippen molar-refractivity contribution in [2.24, 2.45) is 0 Å². The first kappa shape index (κ1) is 25.1. The van der Waals surface area contributed by atoms with Crippen LogP contribution >= 0.6 is 0 Å². The maximum Gasteiger partial charge on any atom is 0.321 e. The molecule has 0 saturated heterocycles. The third kappa shape index (κ3) is 8.16. The van der Waals surface area contributed by atoms with Gasteiger partial charge in [-0.3, -0.25) is 9.59 Å². The van der Waals surface area contributed by atoms with E-state index in [0.717, 1.165) is 11.0 Å². The van der Waals surface area contributed by atoms with Crippen molar-refractivity contribution in [2.45, 2.75) is 26.2 Å². The van der Waals surface area contributed by atoms with Crippen LogP contribution in [0.4, 0.5) is 5.69 Å². The van der Waals surface area contributed by atoms with Crippen LogP contribution in [0.15, 0.2) is 53.9 Å².